The van der Waals surface area contributed by atoms with Gasteiger partial charge in [0.1, 0.15) is 0 Å². The third kappa shape index (κ3) is 4.01. The van der Waals surface area contributed by atoms with Crippen LogP contribution in [-0.2, 0) is 4.74 Å². The molecule has 4 heteroatoms. The highest BCUT2D eigenvalue weighted by molar-refractivity contribution is 5.02. The average molecular weight is 289 g/mol. The molecule has 0 amide bonds. The van der Waals surface area contributed by atoms with Crippen LogP contribution in [0.5, 0.6) is 0 Å². The molecule has 0 spiro atoms. The van der Waals surface area contributed by atoms with E-state index >= 15 is 0 Å². The quantitative estimate of drug-likeness (QED) is 0.902. The fraction of sp³-hybridized carbons (Fsp3) is 0.765. The molecule has 0 bridgehead atoms. The number of nitrogens with zero attached hydrogens (tertiary/aromatic N) is 2. The normalized spacial score (nSPS) is 28.6. The smallest absolute Gasteiger partial charge is 0.0753 e. The van der Waals surface area contributed by atoms with Gasteiger partial charge in [0.2, 0.25) is 0 Å². The van der Waals surface area contributed by atoms with E-state index in [1.807, 2.05) is 6.20 Å². The lowest BCUT2D eigenvalue weighted by atomic mass is 9.91. The molecule has 4 nitrogen and oxygen atoms in total. The summed E-state index contributed by atoms with van der Waals surface area (Å²) in [4.78, 5) is 8.57. The Labute approximate surface area is 127 Å². The number of aromatic nitrogens is 2. The van der Waals surface area contributed by atoms with Crippen LogP contribution in [0.25, 0.3) is 0 Å². The monoisotopic (exact) mass is 289 g/mol. The molecule has 0 saturated heterocycles. The molecule has 1 N–H and O–H groups in total. The Morgan fingerprint density at radius 3 is 2.62 bits per heavy atom. The van der Waals surface area contributed by atoms with E-state index in [2.05, 4.69) is 22.2 Å². The second-order valence-electron chi connectivity index (χ2n) is 6.49. The molecule has 3 rings (SSSR count). The molecule has 2 aliphatic carbocycles. The first-order chi connectivity index (χ1) is 10.3. The molecule has 2 aliphatic rings. The van der Waals surface area contributed by atoms with Gasteiger partial charge in [0.05, 0.1) is 17.9 Å². The molecular weight excluding hydrogens is 262 g/mol. The lowest BCUT2D eigenvalue weighted by Gasteiger charge is -2.35. The van der Waals surface area contributed by atoms with Gasteiger partial charge in [-0.3, -0.25) is 9.97 Å². The molecule has 1 aromatic rings. The van der Waals surface area contributed by atoms with Crippen molar-refractivity contribution in [2.75, 3.05) is 0 Å². The highest BCUT2D eigenvalue weighted by Gasteiger charge is 2.30. The fourth-order valence-corrected chi connectivity index (χ4v) is 3.66. The Hall–Kier alpha value is -1.00. The summed E-state index contributed by atoms with van der Waals surface area (Å²) >= 11 is 0. The van der Waals surface area contributed by atoms with Crippen molar-refractivity contribution in [1.29, 1.82) is 0 Å². The Kier molecular flexibility index (Phi) is 5.20. The van der Waals surface area contributed by atoms with Gasteiger partial charge in [0, 0.05) is 30.7 Å². The molecule has 21 heavy (non-hydrogen) atoms. The predicted molar refractivity (Wildman–Crippen MR) is 83.0 cm³/mol. The molecule has 2 saturated carbocycles. The molecule has 0 radical (unpaired) electrons. The Morgan fingerprint density at radius 1 is 1.10 bits per heavy atom. The Bertz CT molecular complexity index is 419. The van der Waals surface area contributed by atoms with Gasteiger partial charge in [-0.05, 0) is 32.6 Å². The van der Waals surface area contributed by atoms with Crippen LogP contribution >= 0.6 is 0 Å². The van der Waals surface area contributed by atoms with E-state index in [9.17, 15) is 0 Å². The average Bonchev–Trinajstić information content (AvgIpc) is 3.03. The summed E-state index contributed by atoms with van der Waals surface area (Å²) in [7, 11) is 0. The molecule has 3 atom stereocenters. The highest BCUT2D eigenvalue weighted by atomic mass is 16.5. The predicted octanol–water partition coefficient (Wildman–Crippen LogP) is 3.40. The number of nitrogens with one attached hydrogen (secondary N) is 1. The molecule has 2 fully saturated rings. The second-order valence-corrected chi connectivity index (χ2v) is 6.49. The minimum Gasteiger partial charge on any atom is -0.373 e. The molecule has 0 aliphatic heterocycles. The van der Waals surface area contributed by atoms with Gasteiger partial charge in [0.15, 0.2) is 0 Å². The zero-order valence-electron chi connectivity index (χ0n) is 13.0. The van der Waals surface area contributed by atoms with Crippen molar-refractivity contribution >= 4 is 0 Å². The van der Waals surface area contributed by atoms with Crippen LogP contribution in [-0.4, -0.2) is 28.2 Å². The van der Waals surface area contributed by atoms with Crippen molar-refractivity contribution in [2.45, 2.75) is 82.6 Å². The van der Waals surface area contributed by atoms with Crippen molar-refractivity contribution in [3.8, 4) is 0 Å². The van der Waals surface area contributed by atoms with Gasteiger partial charge < -0.3 is 10.1 Å². The van der Waals surface area contributed by atoms with E-state index in [0.717, 1.165) is 5.69 Å². The van der Waals surface area contributed by atoms with Crippen LogP contribution in [0.15, 0.2) is 18.6 Å². The molecular formula is C17H27N3O. The number of hydrogen-bond acceptors (Lipinski definition) is 4. The van der Waals surface area contributed by atoms with Gasteiger partial charge in [-0.2, -0.15) is 0 Å². The summed E-state index contributed by atoms with van der Waals surface area (Å²) in [6.45, 7) is 2.17. The van der Waals surface area contributed by atoms with Crippen molar-refractivity contribution in [2.24, 2.45) is 0 Å². The Morgan fingerprint density at radius 2 is 1.86 bits per heavy atom. The summed E-state index contributed by atoms with van der Waals surface area (Å²) in [6.07, 6.45) is 16.4. The molecule has 116 valence electrons. The van der Waals surface area contributed by atoms with Crippen molar-refractivity contribution < 1.29 is 4.74 Å². The molecule has 1 heterocycles. The summed E-state index contributed by atoms with van der Waals surface area (Å²) in [5.74, 6) is 0. The SMILES string of the molecule is C[C@H](N[C@H]1CCCC[C@@H]1OC1CCCC1)c1cnccn1. The topological polar surface area (TPSA) is 47.0 Å². The van der Waals surface area contributed by atoms with Crippen LogP contribution in [0.3, 0.4) is 0 Å². The lowest BCUT2D eigenvalue weighted by Crippen LogP contribution is -2.45. The van der Waals surface area contributed by atoms with E-state index in [4.69, 9.17) is 4.74 Å². The summed E-state index contributed by atoms with van der Waals surface area (Å²) in [5.41, 5.74) is 1.02. The fourth-order valence-electron chi connectivity index (χ4n) is 3.66. The van der Waals surface area contributed by atoms with E-state index in [1.54, 1.807) is 12.4 Å². The zero-order chi connectivity index (χ0) is 14.5. The number of ether oxygens (including phenoxy) is 1. The zero-order valence-corrected chi connectivity index (χ0v) is 13.0. The van der Waals surface area contributed by atoms with Crippen LogP contribution < -0.4 is 5.32 Å². The van der Waals surface area contributed by atoms with Gasteiger partial charge in [0.25, 0.3) is 0 Å². The second kappa shape index (κ2) is 7.32. The maximum Gasteiger partial charge on any atom is 0.0753 e. The lowest BCUT2D eigenvalue weighted by molar-refractivity contribution is -0.0452. The summed E-state index contributed by atoms with van der Waals surface area (Å²) in [5, 5.41) is 3.73. The summed E-state index contributed by atoms with van der Waals surface area (Å²) < 4.78 is 6.40. The van der Waals surface area contributed by atoms with Gasteiger partial charge >= 0.3 is 0 Å². The number of hydrogen-bond donors (Lipinski definition) is 1. The maximum atomic E-state index is 6.40. The molecule has 1 aromatic heterocycles. The van der Waals surface area contributed by atoms with Gasteiger partial charge in [-0.15, -0.1) is 0 Å². The first-order valence-electron chi connectivity index (χ1n) is 8.50. The molecule has 0 aromatic carbocycles. The first kappa shape index (κ1) is 14.9. The largest absolute Gasteiger partial charge is 0.373 e. The maximum absolute atomic E-state index is 6.40. The van der Waals surface area contributed by atoms with Crippen LogP contribution in [0, 0.1) is 0 Å². The van der Waals surface area contributed by atoms with Crippen molar-refractivity contribution in [3.63, 3.8) is 0 Å². The van der Waals surface area contributed by atoms with Gasteiger partial charge in [-0.25, -0.2) is 0 Å². The van der Waals surface area contributed by atoms with Crippen LogP contribution in [0.1, 0.15) is 70.0 Å². The highest BCUT2D eigenvalue weighted by Crippen LogP contribution is 2.29. The number of rotatable bonds is 5. The third-order valence-electron chi connectivity index (χ3n) is 4.86. The van der Waals surface area contributed by atoms with Crippen molar-refractivity contribution in [3.05, 3.63) is 24.3 Å². The van der Waals surface area contributed by atoms with E-state index in [1.165, 1.54) is 51.4 Å². The minimum atomic E-state index is 0.233. The first-order valence-corrected chi connectivity index (χ1v) is 8.50. The van der Waals surface area contributed by atoms with E-state index in [0.29, 0.717) is 18.2 Å². The summed E-state index contributed by atoms with van der Waals surface area (Å²) in [6, 6.07) is 0.688. The standard InChI is InChI=1S/C17H27N3O/c1-13(16-12-18-10-11-19-16)20-15-8-4-5-9-17(15)21-14-6-2-3-7-14/h10-15,17,20H,2-9H2,1H3/t13-,15-,17-/m0/s1. The van der Waals surface area contributed by atoms with Crippen molar-refractivity contribution in [1.82, 2.24) is 15.3 Å². The third-order valence-corrected chi connectivity index (χ3v) is 4.86. The van der Waals surface area contributed by atoms with E-state index in [-0.39, 0.29) is 6.04 Å². The van der Waals surface area contributed by atoms with Crippen LogP contribution in [0.2, 0.25) is 0 Å². The van der Waals surface area contributed by atoms with Crippen LogP contribution in [0.4, 0.5) is 0 Å². The Balaban J connectivity index is 1.58. The molecule has 0 unspecified atom stereocenters. The van der Waals surface area contributed by atoms with Gasteiger partial charge in [-0.1, -0.05) is 25.7 Å². The van der Waals surface area contributed by atoms with E-state index < -0.39 is 0 Å². The minimum absolute atomic E-state index is 0.233.